The number of rotatable bonds is 2. The van der Waals surface area contributed by atoms with Gasteiger partial charge in [0, 0.05) is 0 Å². The summed E-state index contributed by atoms with van der Waals surface area (Å²) < 4.78 is 0. The predicted molar refractivity (Wildman–Crippen MR) is 61.8 cm³/mol. The van der Waals surface area contributed by atoms with E-state index in [1.807, 2.05) is 0 Å². The topological polar surface area (TPSA) is 0 Å². The van der Waals surface area contributed by atoms with Crippen LogP contribution in [0.2, 0.25) is 0 Å². The molecule has 1 heteroatoms. The van der Waals surface area contributed by atoms with Gasteiger partial charge in [-0.05, 0) is 23.0 Å². The van der Waals surface area contributed by atoms with Crippen molar-refractivity contribution in [3.63, 3.8) is 0 Å². The van der Waals surface area contributed by atoms with Crippen LogP contribution in [-0.4, -0.2) is 29.6 Å². The molecule has 0 saturated carbocycles. The Morgan fingerprint density at radius 1 is 0.769 bits per heavy atom. The van der Waals surface area contributed by atoms with Crippen molar-refractivity contribution in [2.75, 3.05) is 0 Å². The van der Waals surface area contributed by atoms with Gasteiger partial charge in [0.2, 0.25) is 0 Å². The molecule has 0 amide bonds. The number of hydrogen-bond donors (Lipinski definition) is 0. The summed E-state index contributed by atoms with van der Waals surface area (Å²) in [6, 6.07) is 8.72. The van der Waals surface area contributed by atoms with Gasteiger partial charge in [0.05, 0.1) is 0 Å². The molecule has 0 atom stereocenters. The van der Waals surface area contributed by atoms with Crippen molar-refractivity contribution in [3.05, 3.63) is 35.4 Å². The summed E-state index contributed by atoms with van der Waals surface area (Å²) in [6.45, 7) is 9.00. The molecule has 0 bridgehead atoms. The zero-order valence-electron chi connectivity index (χ0n) is 8.46. The summed E-state index contributed by atoms with van der Waals surface area (Å²) in [5.41, 5.74) is 2.99. The first-order valence-electron chi connectivity index (χ1n) is 4.71. The summed E-state index contributed by atoms with van der Waals surface area (Å²) in [5.74, 6) is 1.28. The summed E-state index contributed by atoms with van der Waals surface area (Å²) in [7, 11) is 0. The van der Waals surface area contributed by atoms with Gasteiger partial charge in [0.1, 0.15) is 0 Å². The van der Waals surface area contributed by atoms with Crippen LogP contribution in [0.5, 0.6) is 0 Å². The molecule has 0 aliphatic carbocycles. The van der Waals surface area contributed by atoms with E-state index < -0.39 is 0 Å². The van der Waals surface area contributed by atoms with E-state index in [0.717, 1.165) is 0 Å². The van der Waals surface area contributed by atoms with E-state index in [1.54, 1.807) is 0 Å². The summed E-state index contributed by atoms with van der Waals surface area (Å²) >= 11 is 0. The van der Waals surface area contributed by atoms with Gasteiger partial charge in [-0.15, -0.1) is 0 Å². The second-order valence-corrected chi connectivity index (χ2v) is 3.94. The fourth-order valence-electron chi connectivity index (χ4n) is 1.56. The Morgan fingerprint density at radius 3 is 1.31 bits per heavy atom. The molecule has 1 aromatic rings. The molecule has 0 fully saturated rings. The maximum absolute atomic E-state index is 2.25. The molecule has 1 rings (SSSR count). The van der Waals surface area contributed by atoms with Gasteiger partial charge in [-0.25, -0.2) is 0 Å². The molecule has 0 heterocycles. The first-order valence-corrected chi connectivity index (χ1v) is 4.71. The second-order valence-electron chi connectivity index (χ2n) is 3.94. The van der Waals surface area contributed by atoms with Crippen LogP contribution in [0.3, 0.4) is 0 Å². The third kappa shape index (κ3) is 3.46. The van der Waals surface area contributed by atoms with Gasteiger partial charge >= 0.3 is 29.6 Å². The van der Waals surface area contributed by atoms with Crippen molar-refractivity contribution in [1.82, 2.24) is 0 Å². The molecule has 0 aliphatic rings. The van der Waals surface area contributed by atoms with Crippen molar-refractivity contribution in [1.29, 1.82) is 0 Å². The summed E-state index contributed by atoms with van der Waals surface area (Å²) in [5, 5.41) is 0. The minimum absolute atomic E-state index is 0. The van der Waals surface area contributed by atoms with Gasteiger partial charge in [0.15, 0.2) is 0 Å². The fraction of sp³-hybridized carbons (Fsp3) is 0.500. The molecular formula is C12H19Na. The molecule has 0 radical (unpaired) electrons. The zero-order chi connectivity index (χ0) is 9.14. The first kappa shape index (κ1) is 13.2. The van der Waals surface area contributed by atoms with E-state index >= 15 is 0 Å². The standard InChI is InChI=1S/C12H18.Na.H/c1-9(2)11-7-5-6-8-12(11)10(3)4;;/h5-10H,1-4H3;;. The average Bonchev–Trinajstić information content (AvgIpc) is 2.04. The van der Waals surface area contributed by atoms with Crippen LogP contribution >= 0.6 is 0 Å². The average molecular weight is 186 g/mol. The van der Waals surface area contributed by atoms with E-state index in [4.69, 9.17) is 0 Å². The van der Waals surface area contributed by atoms with E-state index in [9.17, 15) is 0 Å². The van der Waals surface area contributed by atoms with Gasteiger partial charge in [-0.1, -0.05) is 52.0 Å². The molecule has 0 saturated heterocycles. The minimum atomic E-state index is 0. The van der Waals surface area contributed by atoms with Crippen molar-refractivity contribution in [3.8, 4) is 0 Å². The van der Waals surface area contributed by atoms with Crippen molar-refractivity contribution < 1.29 is 0 Å². The molecule has 0 spiro atoms. The molecule has 0 aromatic heterocycles. The Hall–Kier alpha value is 0.220. The van der Waals surface area contributed by atoms with Gasteiger partial charge in [-0.3, -0.25) is 0 Å². The van der Waals surface area contributed by atoms with E-state index in [-0.39, 0.29) is 29.6 Å². The van der Waals surface area contributed by atoms with Crippen molar-refractivity contribution in [2.45, 2.75) is 39.5 Å². The predicted octanol–water partition coefficient (Wildman–Crippen LogP) is 3.28. The van der Waals surface area contributed by atoms with Crippen LogP contribution in [0.25, 0.3) is 0 Å². The quantitative estimate of drug-likeness (QED) is 0.622. The van der Waals surface area contributed by atoms with Gasteiger partial charge < -0.3 is 0 Å². The number of hydrogen-bond acceptors (Lipinski definition) is 0. The van der Waals surface area contributed by atoms with Crippen molar-refractivity contribution in [2.24, 2.45) is 0 Å². The Balaban J connectivity index is 0.00000144. The molecule has 68 valence electrons. The Kier molecular flexibility index (Phi) is 5.95. The van der Waals surface area contributed by atoms with Crippen LogP contribution < -0.4 is 0 Å². The summed E-state index contributed by atoms with van der Waals surface area (Å²) in [4.78, 5) is 0. The Morgan fingerprint density at radius 2 is 1.08 bits per heavy atom. The monoisotopic (exact) mass is 186 g/mol. The molecular weight excluding hydrogens is 167 g/mol. The zero-order valence-corrected chi connectivity index (χ0v) is 8.46. The van der Waals surface area contributed by atoms with Gasteiger partial charge in [-0.2, -0.15) is 0 Å². The number of benzene rings is 1. The third-order valence-corrected chi connectivity index (χ3v) is 2.24. The van der Waals surface area contributed by atoms with Crippen LogP contribution in [0.1, 0.15) is 50.7 Å². The molecule has 1 aromatic carbocycles. The molecule has 0 aliphatic heterocycles. The fourth-order valence-corrected chi connectivity index (χ4v) is 1.56. The normalized spacial score (nSPS) is 10.3. The summed E-state index contributed by atoms with van der Waals surface area (Å²) in [6.07, 6.45) is 0. The van der Waals surface area contributed by atoms with E-state index in [0.29, 0.717) is 11.8 Å². The van der Waals surface area contributed by atoms with E-state index in [2.05, 4.69) is 52.0 Å². The van der Waals surface area contributed by atoms with Crippen LogP contribution in [0.4, 0.5) is 0 Å². The van der Waals surface area contributed by atoms with E-state index in [1.165, 1.54) is 11.1 Å². The SMILES string of the molecule is CC(C)c1ccccc1C(C)C.[NaH]. The van der Waals surface area contributed by atoms with Crippen LogP contribution in [0.15, 0.2) is 24.3 Å². The van der Waals surface area contributed by atoms with Crippen LogP contribution in [-0.2, 0) is 0 Å². The Labute approximate surface area is 104 Å². The molecule has 0 nitrogen and oxygen atoms in total. The van der Waals surface area contributed by atoms with Crippen molar-refractivity contribution >= 4 is 29.6 Å². The third-order valence-electron chi connectivity index (χ3n) is 2.24. The Bertz CT molecular complexity index is 224. The first-order chi connectivity index (χ1) is 5.63. The van der Waals surface area contributed by atoms with Gasteiger partial charge in [0.25, 0.3) is 0 Å². The second kappa shape index (κ2) is 5.85. The maximum atomic E-state index is 2.25. The molecule has 13 heavy (non-hydrogen) atoms. The molecule has 0 unspecified atom stereocenters. The van der Waals surface area contributed by atoms with Crippen LogP contribution in [0, 0.1) is 0 Å². The molecule has 0 N–H and O–H groups in total.